The summed E-state index contributed by atoms with van der Waals surface area (Å²) in [5.41, 5.74) is 4.84. The SMILES string of the molecule is Cc1ccc(N(c2cccc(C#N)c2)c2ccc(C=C3C(=O)c4cc5ccccc5cc4C3=O)[se]2)c2ccccc12. The van der Waals surface area contributed by atoms with E-state index in [2.05, 4.69) is 48.2 Å². The number of hydrogen-bond acceptors (Lipinski definition) is 4. The van der Waals surface area contributed by atoms with Crippen molar-refractivity contribution in [3.8, 4) is 6.07 Å². The predicted molar refractivity (Wildman–Crippen MR) is 166 cm³/mol. The average molecular weight is 594 g/mol. The zero-order chi connectivity index (χ0) is 28.1. The molecule has 1 aliphatic carbocycles. The van der Waals surface area contributed by atoms with Gasteiger partial charge in [-0.25, -0.2) is 0 Å². The molecule has 0 saturated carbocycles. The van der Waals surface area contributed by atoms with E-state index in [0.29, 0.717) is 16.7 Å². The van der Waals surface area contributed by atoms with E-state index in [-0.39, 0.29) is 31.6 Å². The molecule has 0 radical (unpaired) electrons. The Kier molecular flexibility index (Phi) is 6.02. The summed E-state index contributed by atoms with van der Waals surface area (Å²) >= 11 is -0.193. The number of anilines is 3. The van der Waals surface area contributed by atoms with Crippen LogP contribution < -0.4 is 4.90 Å². The maximum absolute atomic E-state index is 13.4. The molecule has 0 amide bonds. The van der Waals surface area contributed by atoms with Crippen LogP contribution in [0.25, 0.3) is 27.6 Å². The summed E-state index contributed by atoms with van der Waals surface area (Å²) in [6.45, 7) is 2.11. The van der Waals surface area contributed by atoms with E-state index >= 15 is 0 Å². The number of allylic oxidation sites excluding steroid dienone is 1. The van der Waals surface area contributed by atoms with Crippen LogP contribution in [0.15, 0.2) is 115 Å². The summed E-state index contributed by atoms with van der Waals surface area (Å²) in [7, 11) is 0. The first-order chi connectivity index (χ1) is 20.0. The van der Waals surface area contributed by atoms with E-state index in [1.165, 1.54) is 10.9 Å². The van der Waals surface area contributed by atoms with Gasteiger partial charge in [-0.1, -0.05) is 0 Å². The van der Waals surface area contributed by atoms with Crippen LogP contribution in [0.4, 0.5) is 15.9 Å². The molecule has 1 heterocycles. The molecule has 0 saturated heterocycles. The van der Waals surface area contributed by atoms with Crippen LogP contribution in [0, 0.1) is 18.3 Å². The molecule has 1 aromatic heterocycles. The van der Waals surface area contributed by atoms with Crippen molar-refractivity contribution in [2.45, 2.75) is 6.92 Å². The summed E-state index contributed by atoms with van der Waals surface area (Å²) < 4.78 is 1.99. The molecule has 5 aromatic carbocycles. The second-order valence-electron chi connectivity index (χ2n) is 10.1. The van der Waals surface area contributed by atoms with Crippen molar-refractivity contribution in [2.24, 2.45) is 0 Å². The number of ketones is 2. The Morgan fingerprint density at radius 3 is 2.12 bits per heavy atom. The molecule has 194 valence electrons. The molecule has 0 aliphatic heterocycles. The zero-order valence-corrected chi connectivity index (χ0v) is 23.8. The van der Waals surface area contributed by atoms with Gasteiger partial charge in [0.25, 0.3) is 0 Å². The van der Waals surface area contributed by atoms with Gasteiger partial charge in [0.1, 0.15) is 0 Å². The summed E-state index contributed by atoms with van der Waals surface area (Å²) in [4.78, 5) is 29.0. The molecule has 0 spiro atoms. The summed E-state index contributed by atoms with van der Waals surface area (Å²) in [6, 6.07) is 37.9. The number of rotatable bonds is 4. The van der Waals surface area contributed by atoms with E-state index in [9.17, 15) is 14.9 Å². The molecule has 6 aromatic rings. The average Bonchev–Trinajstić information content (AvgIpc) is 3.56. The van der Waals surface area contributed by atoms with Crippen LogP contribution >= 0.6 is 0 Å². The van der Waals surface area contributed by atoms with E-state index in [4.69, 9.17) is 0 Å². The number of nitrogens with zero attached hydrogens (tertiary/aromatic N) is 2. The molecule has 0 bridgehead atoms. The third kappa shape index (κ3) is 4.22. The fourth-order valence-electron chi connectivity index (χ4n) is 5.55. The van der Waals surface area contributed by atoms with Crippen molar-refractivity contribution < 1.29 is 9.59 Å². The van der Waals surface area contributed by atoms with Gasteiger partial charge in [0.05, 0.1) is 0 Å². The third-order valence-electron chi connectivity index (χ3n) is 7.58. The molecule has 0 unspecified atom stereocenters. The number of fused-ring (bicyclic) bond motifs is 3. The van der Waals surface area contributed by atoms with Crippen molar-refractivity contribution >= 4 is 69.6 Å². The Labute approximate surface area is 243 Å². The predicted octanol–water partition coefficient (Wildman–Crippen LogP) is 8.16. The van der Waals surface area contributed by atoms with Gasteiger partial charge in [0.15, 0.2) is 0 Å². The van der Waals surface area contributed by atoms with E-state index < -0.39 is 0 Å². The van der Waals surface area contributed by atoms with Gasteiger partial charge in [-0.15, -0.1) is 0 Å². The van der Waals surface area contributed by atoms with Crippen molar-refractivity contribution in [1.29, 1.82) is 5.26 Å². The number of carbonyl (C=O) groups is 2. The maximum atomic E-state index is 13.4. The Hall–Kier alpha value is -5.01. The molecule has 7 rings (SSSR count). The molecule has 0 atom stereocenters. The quantitative estimate of drug-likeness (QED) is 0.118. The van der Waals surface area contributed by atoms with E-state index in [0.717, 1.165) is 36.5 Å². The van der Waals surface area contributed by atoms with Gasteiger partial charge in [-0.2, -0.15) is 0 Å². The molecule has 1 aliphatic rings. The normalized spacial score (nSPS) is 12.5. The van der Waals surface area contributed by atoms with Gasteiger partial charge < -0.3 is 0 Å². The monoisotopic (exact) mass is 594 g/mol. The number of benzene rings is 5. The molecule has 4 nitrogen and oxygen atoms in total. The van der Waals surface area contributed by atoms with Crippen molar-refractivity contribution in [3.05, 3.63) is 141 Å². The second kappa shape index (κ2) is 9.87. The second-order valence-corrected chi connectivity index (χ2v) is 12.4. The summed E-state index contributed by atoms with van der Waals surface area (Å²) in [6.07, 6.45) is 1.77. The van der Waals surface area contributed by atoms with Crippen LogP contribution in [0.3, 0.4) is 0 Å². The summed E-state index contributed by atoms with van der Waals surface area (Å²) in [5.74, 6) is -0.437. The van der Waals surface area contributed by atoms with Crippen molar-refractivity contribution in [2.75, 3.05) is 4.90 Å². The van der Waals surface area contributed by atoms with Crippen LogP contribution in [-0.4, -0.2) is 26.1 Å². The first-order valence-corrected chi connectivity index (χ1v) is 15.0. The van der Waals surface area contributed by atoms with Crippen LogP contribution in [-0.2, 0) is 0 Å². The minimum absolute atomic E-state index is 0.193. The van der Waals surface area contributed by atoms with Gasteiger partial charge in [-0.05, 0) is 0 Å². The topological polar surface area (TPSA) is 61.2 Å². The zero-order valence-electron chi connectivity index (χ0n) is 22.1. The van der Waals surface area contributed by atoms with E-state index in [1.54, 1.807) is 12.1 Å². The first-order valence-electron chi connectivity index (χ1n) is 13.2. The van der Waals surface area contributed by atoms with Crippen LogP contribution in [0.2, 0.25) is 0 Å². The van der Waals surface area contributed by atoms with Crippen LogP contribution in [0.1, 0.15) is 36.3 Å². The van der Waals surface area contributed by atoms with Gasteiger partial charge in [-0.3, -0.25) is 0 Å². The first kappa shape index (κ1) is 25.0. The Bertz CT molecular complexity index is 2070. The molecule has 0 N–H and O–H groups in total. The number of Topliss-reactive ketones (excluding diaryl/α,β-unsaturated/α-hetero) is 2. The van der Waals surface area contributed by atoms with Gasteiger partial charge in [0, 0.05) is 0 Å². The Balaban J connectivity index is 1.34. The van der Waals surface area contributed by atoms with Crippen molar-refractivity contribution in [1.82, 2.24) is 0 Å². The fraction of sp³-hybridized carbons (Fsp3) is 0.0278. The third-order valence-corrected chi connectivity index (χ3v) is 9.71. The molecule has 41 heavy (non-hydrogen) atoms. The standard InChI is InChI=1S/C36H22N2O2Se/c1-22-13-15-33(29-12-5-4-11-28(22)29)38(26-10-6-7-23(17-26)21-37)34-16-14-27(41-34)20-32-35(39)30-18-24-8-2-3-9-25(24)19-31(30)36(32)40/h2-20H,1H3. The number of aryl methyl sites for hydroxylation is 1. The molecular formula is C36H22N2O2Se. The molecular weight excluding hydrogens is 571 g/mol. The Morgan fingerprint density at radius 1 is 0.732 bits per heavy atom. The van der Waals surface area contributed by atoms with Gasteiger partial charge in [0.2, 0.25) is 0 Å². The van der Waals surface area contributed by atoms with E-state index in [1.807, 2.05) is 72.8 Å². The minimum atomic E-state index is -0.219. The summed E-state index contributed by atoms with van der Waals surface area (Å²) in [5, 5.41) is 13.8. The number of nitriles is 1. The Morgan fingerprint density at radius 2 is 1.41 bits per heavy atom. The number of carbonyl (C=O) groups excluding carboxylic acids is 2. The molecule has 5 heteroatoms. The molecule has 0 fully saturated rings. The number of hydrogen-bond donors (Lipinski definition) is 0. The van der Waals surface area contributed by atoms with Gasteiger partial charge >= 0.3 is 244 Å². The van der Waals surface area contributed by atoms with Crippen molar-refractivity contribution in [3.63, 3.8) is 0 Å². The fourth-order valence-corrected chi connectivity index (χ4v) is 7.62. The van der Waals surface area contributed by atoms with Crippen LogP contribution in [0.5, 0.6) is 0 Å².